The summed E-state index contributed by atoms with van der Waals surface area (Å²) in [5, 5.41) is 4.76. The van der Waals surface area contributed by atoms with Crippen LogP contribution in [-0.4, -0.2) is 15.1 Å². The van der Waals surface area contributed by atoms with Gasteiger partial charge in [-0.15, -0.1) is 0 Å². The van der Waals surface area contributed by atoms with Gasteiger partial charge in [0.1, 0.15) is 0 Å². The quantitative estimate of drug-likeness (QED) is 0.746. The minimum atomic E-state index is -0.211. The number of aromatic amines is 1. The number of nitrogens with one attached hydrogen (secondary N) is 1. The Morgan fingerprint density at radius 1 is 1.33 bits per heavy atom. The summed E-state index contributed by atoms with van der Waals surface area (Å²) in [6.45, 7) is 1.92. The highest BCUT2D eigenvalue weighted by atomic mass is 16.5. The van der Waals surface area contributed by atoms with Crippen LogP contribution in [0.15, 0.2) is 39.6 Å². The Morgan fingerprint density at radius 2 is 2.17 bits per heavy atom. The standard InChI is InChI=1S/C13H11N3O2/c1-2-11-15-12(16-18-11)9-7-8-5-3-4-6-10(8)14-13(9)17/h3-7H,2H2,1H3,(H,14,17). The van der Waals surface area contributed by atoms with Crippen LogP contribution in [0, 0.1) is 0 Å². The van der Waals surface area contributed by atoms with E-state index >= 15 is 0 Å². The van der Waals surface area contributed by atoms with Crippen molar-refractivity contribution >= 4 is 10.9 Å². The van der Waals surface area contributed by atoms with E-state index in [1.807, 2.05) is 31.2 Å². The molecule has 0 amide bonds. The van der Waals surface area contributed by atoms with Crippen molar-refractivity contribution < 1.29 is 4.52 Å². The van der Waals surface area contributed by atoms with E-state index in [0.717, 1.165) is 10.9 Å². The van der Waals surface area contributed by atoms with E-state index in [2.05, 4.69) is 15.1 Å². The molecule has 90 valence electrons. The Labute approximate surface area is 102 Å². The van der Waals surface area contributed by atoms with Crippen LogP contribution in [0.5, 0.6) is 0 Å². The summed E-state index contributed by atoms with van der Waals surface area (Å²) < 4.78 is 5.02. The van der Waals surface area contributed by atoms with Crippen molar-refractivity contribution in [2.75, 3.05) is 0 Å². The van der Waals surface area contributed by atoms with E-state index in [1.165, 1.54) is 0 Å². The summed E-state index contributed by atoms with van der Waals surface area (Å²) in [4.78, 5) is 18.9. The van der Waals surface area contributed by atoms with Gasteiger partial charge in [0.2, 0.25) is 11.7 Å². The molecule has 5 heteroatoms. The van der Waals surface area contributed by atoms with Crippen LogP contribution in [0.25, 0.3) is 22.3 Å². The lowest BCUT2D eigenvalue weighted by molar-refractivity contribution is 0.382. The fourth-order valence-corrected chi connectivity index (χ4v) is 1.82. The highest BCUT2D eigenvalue weighted by molar-refractivity contribution is 5.82. The number of benzene rings is 1. The van der Waals surface area contributed by atoms with Crippen molar-refractivity contribution in [1.29, 1.82) is 0 Å². The number of pyridine rings is 1. The predicted molar refractivity (Wildman–Crippen MR) is 67.2 cm³/mol. The van der Waals surface area contributed by atoms with Crippen LogP contribution in [0.2, 0.25) is 0 Å². The summed E-state index contributed by atoms with van der Waals surface area (Å²) in [5.74, 6) is 0.858. The van der Waals surface area contributed by atoms with Crippen molar-refractivity contribution in [1.82, 2.24) is 15.1 Å². The summed E-state index contributed by atoms with van der Waals surface area (Å²) in [6.07, 6.45) is 0.651. The Balaban J connectivity index is 2.22. The minimum Gasteiger partial charge on any atom is -0.339 e. The first-order valence-electron chi connectivity index (χ1n) is 5.73. The third kappa shape index (κ3) is 1.69. The van der Waals surface area contributed by atoms with Gasteiger partial charge in [-0.25, -0.2) is 0 Å². The first-order valence-corrected chi connectivity index (χ1v) is 5.73. The van der Waals surface area contributed by atoms with Gasteiger partial charge in [0.25, 0.3) is 5.56 Å². The molecule has 2 heterocycles. The maximum absolute atomic E-state index is 12.0. The second-order valence-electron chi connectivity index (χ2n) is 3.96. The Morgan fingerprint density at radius 3 is 2.94 bits per heavy atom. The molecule has 0 spiro atoms. The van der Waals surface area contributed by atoms with Crippen LogP contribution in [0.4, 0.5) is 0 Å². The lowest BCUT2D eigenvalue weighted by atomic mass is 10.1. The second-order valence-corrected chi connectivity index (χ2v) is 3.96. The molecule has 1 aromatic carbocycles. The topological polar surface area (TPSA) is 71.8 Å². The van der Waals surface area contributed by atoms with Gasteiger partial charge in [-0.3, -0.25) is 4.79 Å². The van der Waals surface area contributed by atoms with Gasteiger partial charge in [-0.05, 0) is 17.5 Å². The van der Waals surface area contributed by atoms with Gasteiger partial charge in [-0.2, -0.15) is 4.98 Å². The molecule has 18 heavy (non-hydrogen) atoms. The molecule has 0 saturated carbocycles. The molecule has 1 N–H and O–H groups in total. The van der Waals surface area contributed by atoms with Gasteiger partial charge in [0.05, 0.1) is 5.56 Å². The van der Waals surface area contributed by atoms with Gasteiger partial charge < -0.3 is 9.51 Å². The van der Waals surface area contributed by atoms with Gasteiger partial charge in [-0.1, -0.05) is 30.3 Å². The number of H-pyrrole nitrogens is 1. The van der Waals surface area contributed by atoms with E-state index < -0.39 is 0 Å². The Hall–Kier alpha value is -2.43. The average Bonchev–Trinajstić information content (AvgIpc) is 2.86. The Bertz CT molecular complexity index is 758. The van der Waals surface area contributed by atoms with Crippen molar-refractivity contribution in [3.63, 3.8) is 0 Å². The van der Waals surface area contributed by atoms with Gasteiger partial charge in [0, 0.05) is 11.9 Å². The fraction of sp³-hybridized carbons (Fsp3) is 0.154. The van der Waals surface area contributed by atoms with Crippen molar-refractivity contribution in [3.8, 4) is 11.4 Å². The maximum atomic E-state index is 12.0. The first-order chi connectivity index (χ1) is 8.78. The number of fused-ring (bicyclic) bond motifs is 1. The summed E-state index contributed by atoms with van der Waals surface area (Å²) >= 11 is 0. The van der Waals surface area contributed by atoms with Crippen molar-refractivity contribution in [2.45, 2.75) is 13.3 Å². The molecule has 0 saturated heterocycles. The van der Waals surface area contributed by atoms with Gasteiger partial charge >= 0.3 is 0 Å². The molecular weight excluding hydrogens is 230 g/mol. The number of aryl methyl sites for hydroxylation is 1. The molecule has 0 aliphatic rings. The number of aromatic nitrogens is 3. The molecule has 0 aliphatic carbocycles. The lowest BCUT2D eigenvalue weighted by Crippen LogP contribution is -2.09. The fourth-order valence-electron chi connectivity index (χ4n) is 1.82. The summed E-state index contributed by atoms with van der Waals surface area (Å²) in [5.41, 5.74) is 1.01. The van der Waals surface area contributed by atoms with Crippen LogP contribution < -0.4 is 5.56 Å². The molecule has 0 radical (unpaired) electrons. The van der Waals surface area contributed by atoms with Crippen LogP contribution in [-0.2, 0) is 6.42 Å². The van der Waals surface area contributed by atoms with E-state index in [9.17, 15) is 4.79 Å². The molecule has 3 rings (SSSR count). The average molecular weight is 241 g/mol. The smallest absolute Gasteiger partial charge is 0.259 e. The lowest BCUT2D eigenvalue weighted by Gasteiger charge is -1.98. The predicted octanol–water partition coefficient (Wildman–Crippen LogP) is 2.14. The van der Waals surface area contributed by atoms with Gasteiger partial charge in [0.15, 0.2) is 0 Å². The highest BCUT2D eigenvalue weighted by Gasteiger charge is 2.11. The molecule has 0 fully saturated rings. The van der Waals surface area contributed by atoms with Crippen LogP contribution in [0.1, 0.15) is 12.8 Å². The van der Waals surface area contributed by atoms with Crippen molar-refractivity contribution in [3.05, 3.63) is 46.6 Å². The number of hydrogen-bond acceptors (Lipinski definition) is 4. The zero-order valence-electron chi connectivity index (χ0n) is 9.80. The monoisotopic (exact) mass is 241 g/mol. The van der Waals surface area contributed by atoms with E-state index in [1.54, 1.807) is 6.07 Å². The van der Waals surface area contributed by atoms with E-state index in [4.69, 9.17) is 4.52 Å². The molecule has 2 aromatic heterocycles. The molecule has 5 nitrogen and oxygen atoms in total. The normalized spacial score (nSPS) is 10.9. The van der Waals surface area contributed by atoms with E-state index in [-0.39, 0.29) is 5.56 Å². The number of nitrogens with zero attached hydrogens (tertiary/aromatic N) is 2. The molecule has 0 unspecified atom stereocenters. The summed E-state index contributed by atoms with van der Waals surface area (Å²) in [7, 11) is 0. The maximum Gasteiger partial charge on any atom is 0.259 e. The molecule has 0 bridgehead atoms. The largest absolute Gasteiger partial charge is 0.339 e. The number of rotatable bonds is 2. The van der Waals surface area contributed by atoms with E-state index in [0.29, 0.717) is 23.7 Å². The third-order valence-electron chi connectivity index (χ3n) is 2.76. The minimum absolute atomic E-state index is 0.211. The zero-order chi connectivity index (χ0) is 12.5. The van der Waals surface area contributed by atoms with Crippen LogP contribution >= 0.6 is 0 Å². The van der Waals surface area contributed by atoms with Crippen molar-refractivity contribution in [2.24, 2.45) is 0 Å². The molecule has 0 atom stereocenters. The Kier molecular flexibility index (Phi) is 2.44. The second kappa shape index (κ2) is 4.10. The number of hydrogen-bond donors (Lipinski definition) is 1. The summed E-state index contributed by atoms with van der Waals surface area (Å²) in [6, 6.07) is 9.35. The zero-order valence-corrected chi connectivity index (χ0v) is 9.80. The highest BCUT2D eigenvalue weighted by Crippen LogP contribution is 2.16. The third-order valence-corrected chi connectivity index (χ3v) is 2.76. The molecular formula is C13H11N3O2. The number of para-hydroxylation sites is 1. The molecule has 3 aromatic rings. The van der Waals surface area contributed by atoms with Crippen LogP contribution in [0.3, 0.4) is 0 Å². The molecule has 0 aliphatic heterocycles. The SMILES string of the molecule is CCc1nc(-c2cc3ccccc3[nH]c2=O)no1. The first kappa shape index (κ1) is 10.7.